The Morgan fingerprint density at radius 2 is 1.81 bits per heavy atom. The molecule has 0 aliphatic carbocycles. The lowest BCUT2D eigenvalue weighted by molar-refractivity contribution is -0.129. The predicted molar refractivity (Wildman–Crippen MR) is 93.1 cm³/mol. The minimum absolute atomic E-state index is 0.208. The van der Waals surface area contributed by atoms with Crippen LogP contribution in [0.15, 0.2) is 30.5 Å². The van der Waals surface area contributed by atoms with Gasteiger partial charge in [-0.3, -0.25) is 14.6 Å². The van der Waals surface area contributed by atoms with Gasteiger partial charge >= 0.3 is 0 Å². The Hall–Kier alpha value is -2.78. The van der Waals surface area contributed by atoms with Crippen LogP contribution in [0.3, 0.4) is 0 Å². The van der Waals surface area contributed by atoms with Crippen LogP contribution in [0.2, 0.25) is 0 Å². The van der Waals surface area contributed by atoms with Crippen LogP contribution in [0.1, 0.15) is 32.3 Å². The van der Waals surface area contributed by atoms with Crippen molar-refractivity contribution in [3.63, 3.8) is 0 Å². The SMILES string of the molecule is C[C@]12CC[C@](C)(O1)[C@@H]1C(=O)N(c3ccc(C#N)c4ncccc34)C(=O)[C@@H]12. The number of hydrogen-bond donors (Lipinski definition) is 0. The molecule has 3 fully saturated rings. The molecule has 0 unspecified atom stereocenters. The second-order valence-corrected chi connectivity index (χ2v) is 7.84. The molecular formula is C20H17N3O3. The molecule has 0 N–H and O–H groups in total. The first kappa shape index (κ1) is 15.5. The van der Waals surface area contributed by atoms with E-state index in [-0.39, 0.29) is 11.8 Å². The Balaban J connectivity index is 1.70. The summed E-state index contributed by atoms with van der Waals surface area (Å²) in [5.74, 6) is -1.31. The van der Waals surface area contributed by atoms with Gasteiger partial charge in [0.1, 0.15) is 6.07 Å². The molecule has 5 rings (SSSR count). The molecule has 4 atom stereocenters. The summed E-state index contributed by atoms with van der Waals surface area (Å²) in [7, 11) is 0. The van der Waals surface area contributed by atoms with Gasteiger partial charge in [0.2, 0.25) is 11.8 Å². The van der Waals surface area contributed by atoms with Crippen molar-refractivity contribution in [3.05, 3.63) is 36.0 Å². The number of amides is 2. The smallest absolute Gasteiger partial charge is 0.240 e. The van der Waals surface area contributed by atoms with E-state index in [0.717, 1.165) is 12.8 Å². The van der Waals surface area contributed by atoms with Gasteiger partial charge in [0, 0.05) is 11.6 Å². The number of benzene rings is 1. The molecule has 2 bridgehead atoms. The number of pyridine rings is 1. The maximum absolute atomic E-state index is 13.3. The summed E-state index contributed by atoms with van der Waals surface area (Å²) in [4.78, 5) is 32.1. The second kappa shape index (κ2) is 4.68. The highest BCUT2D eigenvalue weighted by molar-refractivity contribution is 6.26. The Morgan fingerprint density at radius 3 is 2.42 bits per heavy atom. The first-order chi connectivity index (χ1) is 12.4. The number of fused-ring (bicyclic) bond motifs is 6. The summed E-state index contributed by atoms with van der Waals surface area (Å²) in [5.41, 5.74) is 0.263. The van der Waals surface area contributed by atoms with Crippen molar-refractivity contribution < 1.29 is 14.3 Å². The first-order valence-electron chi connectivity index (χ1n) is 8.75. The van der Waals surface area contributed by atoms with E-state index in [1.165, 1.54) is 4.90 Å². The van der Waals surface area contributed by atoms with Gasteiger partial charge in [-0.05, 0) is 51.0 Å². The van der Waals surface area contributed by atoms with Gasteiger partial charge in [0.25, 0.3) is 0 Å². The molecule has 3 aliphatic heterocycles. The Kier molecular flexibility index (Phi) is 2.79. The molecule has 26 heavy (non-hydrogen) atoms. The minimum atomic E-state index is -0.582. The molecule has 6 heteroatoms. The topological polar surface area (TPSA) is 83.3 Å². The molecule has 0 saturated carbocycles. The van der Waals surface area contributed by atoms with Crippen LogP contribution in [0, 0.1) is 23.2 Å². The van der Waals surface area contributed by atoms with E-state index in [2.05, 4.69) is 11.1 Å². The summed E-state index contributed by atoms with van der Waals surface area (Å²) in [5, 5.41) is 9.95. The minimum Gasteiger partial charge on any atom is -0.367 e. The average Bonchev–Trinajstić information content (AvgIpc) is 3.18. The highest BCUT2D eigenvalue weighted by Gasteiger charge is 2.72. The molecule has 6 nitrogen and oxygen atoms in total. The number of hydrogen-bond acceptors (Lipinski definition) is 5. The van der Waals surface area contributed by atoms with Crippen molar-refractivity contribution in [2.75, 3.05) is 4.90 Å². The summed E-state index contributed by atoms with van der Waals surface area (Å²) < 4.78 is 6.14. The lowest BCUT2D eigenvalue weighted by Crippen LogP contribution is -2.40. The molecular weight excluding hydrogens is 330 g/mol. The van der Waals surface area contributed by atoms with Crippen LogP contribution >= 0.6 is 0 Å². The molecule has 0 radical (unpaired) electrons. The standard InChI is InChI=1S/C20H17N3O3/c1-19-7-8-20(2,26-19)15-14(19)17(24)23(18(15)25)13-6-5-11(10-21)16-12(13)4-3-9-22-16/h3-6,9,14-15H,7-8H2,1-2H3/t14-,15+,19-,20+. The van der Waals surface area contributed by atoms with E-state index in [9.17, 15) is 14.9 Å². The monoisotopic (exact) mass is 347 g/mol. The highest BCUT2D eigenvalue weighted by atomic mass is 16.5. The summed E-state index contributed by atoms with van der Waals surface area (Å²) in [6.07, 6.45) is 3.17. The maximum Gasteiger partial charge on any atom is 0.240 e. The zero-order valence-corrected chi connectivity index (χ0v) is 14.5. The molecule has 3 saturated heterocycles. The van der Waals surface area contributed by atoms with E-state index in [1.807, 2.05) is 13.8 Å². The third-order valence-corrected chi connectivity index (χ3v) is 6.31. The molecule has 130 valence electrons. The van der Waals surface area contributed by atoms with Crippen LogP contribution in [-0.2, 0) is 14.3 Å². The number of rotatable bonds is 1. The largest absolute Gasteiger partial charge is 0.367 e. The first-order valence-corrected chi connectivity index (χ1v) is 8.75. The Bertz CT molecular complexity index is 1010. The number of nitrogens with zero attached hydrogens (tertiary/aromatic N) is 3. The van der Waals surface area contributed by atoms with E-state index in [0.29, 0.717) is 22.2 Å². The third kappa shape index (κ3) is 1.66. The normalized spacial score (nSPS) is 35.2. The Morgan fingerprint density at radius 1 is 1.15 bits per heavy atom. The predicted octanol–water partition coefficient (Wildman–Crippen LogP) is 2.55. The fraction of sp³-hybridized carbons (Fsp3) is 0.400. The number of carbonyl (C=O) groups excluding carboxylic acids is 2. The number of imide groups is 1. The van der Waals surface area contributed by atoms with Crippen LogP contribution in [0.4, 0.5) is 5.69 Å². The van der Waals surface area contributed by atoms with Crippen molar-refractivity contribution in [2.45, 2.75) is 37.9 Å². The summed E-state index contributed by atoms with van der Waals surface area (Å²) in [6.45, 7) is 3.88. The van der Waals surface area contributed by atoms with Gasteiger partial charge in [0.15, 0.2) is 0 Å². The number of anilines is 1. The maximum atomic E-state index is 13.3. The van der Waals surface area contributed by atoms with E-state index < -0.39 is 23.0 Å². The average molecular weight is 347 g/mol. The van der Waals surface area contributed by atoms with Crippen molar-refractivity contribution in [2.24, 2.45) is 11.8 Å². The van der Waals surface area contributed by atoms with Crippen LogP contribution < -0.4 is 4.90 Å². The molecule has 4 heterocycles. The zero-order valence-electron chi connectivity index (χ0n) is 14.5. The second-order valence-electron chi connectivity index (χ2n) is 7.84. The van der Waals surface area contributed by atoms with Crippen LogP contribution in [0.25, 0.3) is 10.9 Å². The molecule has 3 aliphatic rings. The number of aromatic nitrogens is 1. The summed E-state index contributed by atoms with van der Waals surface area (Å²) >= 11 is 0. The van der Waals surface area contributed by atoms with Crippen LogP contribution in [0.5, 0.6) is 0 Å². The van der Waals surface area contributed by atoms with Crippen molar-refractivity contribution >= 4 is 28.4 Å². The van der Waals surface area contributed by atoms with Gasteiger partial charge in [-0.1, -0.05) is 0 Å². The van der Waals surface area contributed by atoms with Crippen molar-refractivity contribution in [1.29, 1.82) is 5.26 Å². The molecule has 2 aromatic rings. The molecule has 0 spiro atoms. The van der Waals surface area contributed by atoms with Gasteiger partial charge in [0.05, 0.1) is 39.8 Å². The fourth-order valence-corrected chi connectivity index (χ4v) is 5.15. The molecule has 2 amide bonds. The molecule has 1 aromatic carbocycles. The lowest BCUT2D eigenvalue weighted by atomic mass is 9.69. The van der Waals surface area contributed by atoms with Gasteiger partial charge in [-0.2, -0.15) is 5.26 Å². The van der Waals surface area contributed by atoms with Gasteiger partial charge in [-0.15, -0.1) is 0 Å². The quantitative estimate of drug-likeness (QED) is 0.740. The number of carbonyl (C=O) groups is 2. The van der Waals surface area contributed by atoms with Gasteiger partial charge in [-0.25, -0.2) is 4.90 Å². The van der Waals surface area contributed by atoms with Gasteiger partial charge < -0.3 is 4.74 Å². The fourth-order valence-electron chi connectivity index (χ4n) is 5.15. The Labute approximate surface area is 150 Å². The number of ether oxygens (including phenoxy) is 1. The van der Waals surface area contributed by atoms with Crippen LogP contribution in [-0.4, -0.2) is 28.0 Å². The van der Waals surface area contributed by atoms with Crippen molar-refractivity contribution in [3.8, 4) is 6.07 Å². The molecule has 1 aromatic heterocycles. The number of nitriles is 1. The highest BCUT2D eigenvalue weighted by Crippen LogP contribution is 2.61. The summed E-state index contributed by atoms with van der Waals surface area (Å²) in [6, 6.07) is 8.95. The van der Waals surface area contributed by atoms with E-state index in [1.54, 1.807) is 30.5 Å². The third-order valence-electron chi connectivity index (χ3n) is 6.31. The van der Waals surface area contributed by atoms with E-state index in [4.69, 9.17) is 4.74 Å². The van der Waals surface area contributed by atoms with Crippen molar-refractivity contribution in [1.82, 2.24) is 4.98 Å². The van der Waals surface area contributed by atoms with E-state index >= 15 is 0 Å². The zero-order chi connectivity index (χ0) is 18.3. The lowest BCUT2D eigenvalue weighted by Gasteiger charge is -2.27.